The molecule has 3 N–H and O–H groups in total. The lowest BCUT2D eigenvalue weighted by molar-refractivity contribution is -0.147. The van der Waals surface area contributed by atoms with Crippen molar-refractivity contribution in [1.82, 2.24) is 10.6 Å². The molecule has 2 rings (SSSR count). The average Bonchev–Trinajstić information content (AvgIpc) is 2.81. The summed E-state index contributed by atoms with van der Waals surface area (Å²) >= 11 is 0. The van der Waals surface area contributed by atoms with Gasteiger partial charge in [-0.05, 0) is 24.0 Å². The third-order valence-electron chi connectivity index (χ3n) is 5.03. The van der Waals surface area contributed by atoms with Crippen LogP contribution in [0.3, 0.4) is 0 Å². The number of hydrogen-bond acceptors (Lipinski definition) is 6. The number of alkyl carbamates (subject to hydrolysis) is 1. The lowest BCUT2D eigenvalue weighted by Crippen LogP contribution is -2.54. The monoisotopic (exact) mass is 470 g/mol. The van der Waals surface area contributed by atoms with E-state index in [-0.39, 0.29) is 26.1 Å². The second kappa shape index (κ2) is 13.6. The van der Waals surface area contributed by atoms with Crippen LogP contribution in [0.2, 0.25) is 0 Å². The fourth-order valence-electron chi connectivity index (χ4n) is 3.27. The summed E-state index contributed by atoms with van der Waals surface area (Å²) in [5, 5.41) is 14.6. The molecular formula is C25H30N2O7. The minimum atomic E-state index is -1.35. The summed E-state index contributed by atoms with van der Waals surface area (Å²) in [6.45, 7) is 3.37. The zero-order valence-electron chi connectivity index (χ0n) is 19.2. The average molecular weight is 471 g/mol. The van der Waals surface area contributed by atoms with Crippen molar-refractivity contribution in [3.8, 4) is 0 Å². The Balaban J connectivity index is 2.09. The van der Waals surface area contributed by atoms with E-state index in [9.17, 15) is 24.3 Å². The summed E-state index contributed by atoms with van der Waals surface area (Å²) in [7, 11) is 0. The molecule has 2 amide bonds. The fourth-order valence-corrected chi connectivity index (χ4v) is 3.27. The molecule has 0 unspecified atom stereocenters. The first kappa shape index (κ1) is 26.4. The first-order valence-corrected chi connectivity index (χ1v) is 11.0. The minimum absolute atomic E-state index is 0.0146. The van der Waals surface area contributed by atoms with Crippen molar-refractivity contribution in [2.24, 2.45) is 5.92 Å². The molecule has 0 aromatic heterocycles. The van der Waals surface area contributed by atoms with Gasteiger partial charge in [-0.25, -0.2) is 9.59 Å². The molecule has 0 saturated carbocycles. The number of aliphatic carboxylic acids is 1. The van der Waals surface area contributed by atoms with Gasteiger partial charge in [-0.3, -0.25) is 9.59 Å². The second-order valence-electron chi connectivity index (χ2n) is 7.76. The number of hydrogen-bond donors (Lipinski definition) is 3. The highest BCUT2D eigenvalue weighted by Gasteiger charge is 2.32. The number of esters is 1. The summed E-state index contributed by atoms with van der Waals surface area (Å²) in [5.74, 6) is -3.29. The number of ether oxygens (including phenoxy) is 2. The second-order valence-corrected chi connectivity index (χ2v) is 7.76. The van der Waals surface area contributed by atoms with Gasteiger partial charge in [0.05, 0.1) is 13.0 Å². The Labute approximate surface area is 198 Å². The van der Waals surface area contributed by atoms with Crippen LogP contribution in [0.1, 0.15) is 31.4 Å². The maximum absolute atomic E-state index is 13.0. The summed E-state index contributed by atoms with van der Waals surface area (Å²) in [6.07, 6.45) is -0.876. The van der Waals surface area contributed by atoms with Crippen LogP contribution in [0.15, 0.2) is 60.7 Å². The Morgan fingerprint density at radius 3 is 2.03 bits per heavy atom. The van der Waals surface area contributed by atoms with Gasteiger partial charge in [-0.2, -0.15) is 0 Å². The molecule has 182 valence electrons. The Morgan fingerprint density at radius 1 is 0.882 bits per heavy atom. The number of carbonyl (C=O) groups is 4. The third-order valence-corrected chi connectivity index (χ3v) is 5.03. The molecule has 0 aliphatic heterocycles. The largest absolute Gasteiger partial charge is 0.480 e. The van der Waals surface area contributed by atoms with E-state index in [0.717, 1.165) is 11.1 Å². The van der Waals surface area contributed by atoms with Gasteiger partial charge in [0.1, 0.15) is 18.7 Å². The number of benzene rings is 2. The fraction of sp³-hybridized carbons (Fsp3) is 0.360. The van der Waals surface area contributed by atoms with Crippen LogP contribution in [0.4, 0.5) is 4.79 Å². The SMILES string of the molecule is CCOC(=O)C[C@H](C)[C@@H](NC(=O)[C@@H](Cc1ccccc1)NC(=O)OCc1ccccc1)C(=O)O. The molecule has 2 aromatic rings. The van der Waals surface area contributed by atoms with Gasteiger partial charge in [0.25, 0.3) is 0 Å². The van der Waals surface area contributed by atoms with E-state index in [2.05, 4.69) is 10.6 Å². The highest BCUT2D eigenvalue weighted by atomic mass is 16.5. The number of nitrogens with one attached hydrogen (secondary N) is 2. The molecule has 0 saturated heterocycles. The Morgan fingerprint density at radius 2 is 1.47 bits per heavy atom. The van der Waals surface area contributed by atoms with E-state index in [1.54, 1.807) is 43.3 Å². The van der Waals surface area contributed by atoms with E-state index >= 15 is 0 Å². The minimum Gasteiger partial charge on any atom is -0.480 e. The predicted molar refractivity (Wildman–Crippen MR) is 124 cm³/mol. The van der Waals surface area contributed by atoms with E-state index in [1.807, 2.05) is 24.3 Å². The first-order chi connectivity index (χ1) is 16.3. The standard InChI is InChI=1S/C25H30N2O7/c1-3-33-21(28)14-17(2)22(24(30)31)27-23(29)20(15-18-10-6-4-7-11-18)26-25(32)34-16-19-12-8-5-9-13-19/h4-13,17,20,22H,3,14-16H2,1-2H3,(H,26,32)(H,27,29)(H,30,31)/t17-,20+,22+/m0/s1. The molecule has 9 heteroatoms. The van der Waals surface area contributed by atoms with Gasteiger partial charge >= 0.3 is 18.0 Å². The summed E-state index contributed by atoms with van der Waals surface area (Å²) in [5.41, 5.74) is 1.54. The molecule has 0 radical (unpaired) electrons. The maximum Gasteiger partial charge on any atom is 0.408 e. The molecule has 0 fully saturated rings. The highest BCUT2D eigenvalue weighted by molar-refractivity contribution is 5.89. The lowest BCUT2D eigenvalue weighted by Gasteiger charge is -2.24. The first-order valence-electron chi connectivity index (χ1n) is 11.0. The van der Waals surface area contributed by atoms with Crippen molar-refractivity contribution in [2.45, 2.75) is 45.4 Å². The van der Waals surface area contributed by atoms with Crippen molar-refractivity contribution in [3.63, 3.8) is 0 Å². The normalized spacial score (nSPS) is 13.1. The summed E-state index contributed by atoms with van der Waals surface area (Å²) < 4.78 is 10.1. The molecule has 0 aliphatic carbocycles. The van der Waals surface area contributed by atoms with Gasteiger partial charge < -0.3 is 25.2 Å². The molecule has 0 aliphatic rings. The Bertz CT molecular complexity index is 950. The molecule has 0 spiro atoms. The molecule has 9 nitrogen and oxygen atoms in total. The van der Waals surface area contributed by atoms with Gasteiger partial charge in [0.2, 0.25) is 5.91 Å². The smallest absolute Gasteiger partial charge is 0.408 e. The van der Waals surface area contributed by atoms with Crippen LogP contribution in [-0.2, 0) is 36.9 Å². The highest BCUT2D eigenvalue weighted by Crippen LogP contribution is 2.12. The van der Waals surface area contributed by atoms with Crippen LogP contribution in [0.5, 0.6) is 0 Å². The van der Waals surface area contributed by atoms with E-state index in [4.69, 9.17) is 9.47 Å². The third kappa shape index (κ3) is 8.93. The van der Waals surface area contributed by atoms with Crippen molar-refractivity contribution >= 4 is 23.9 Å². The topological polar surface area (TPSA) is 131 Å². The van der Waals surface area contributed by atoms with E-state index < -0.39 is 41.9 Å². The Kier molecular flexibility index (Phi) is 10.6. The molecular weight excluding hydrogens is 440 g/mol. The van der Waals surface area contributed by atoms with E-state index in [0.29, 0.717) is 0 Å². The quantitative estimate of drug-likeness (QED) is 0.407. The van der Waals surface area contributed by atoms with E-state index in [1.165, 1.54) is 6.92 Å². The summed E-state index contributed by atoms with van der Waals surface area (Å²) in [6, 6.07) is 15.6. The van der Waals surface area contributed by atoms with Crippen LogP contribution in [0.25, 0.3) is 0 Å². The molecule has 0 bridgehead atoms. The molecule has 0 heterocycles. The van der Waals surface area contributed by atoms with Crippen LogP contribution < -0.4 is 10.6 Å². The van der Waals surface area contributed by atoms with Crippen molar-refractivity contribution in [3.05, 3.63) is 71.8 Å². The van der Waals surface area contributed by atoms with Crippen molar-refractivity contribution < 1.29 is 33.8 Å². The van der Waals surface area contributed by atoms with Gasteiger partial charge in [0.15, 0.2) is 0 Å². The van der Waals surface area contributed by atoms with Crippen LogP contribution in [-0.4, -0.2) is 47.7 Å². The molecule has 3 atom stereocenters. The predicted octanol–water partition coefficient (Wildman–Crippen LogP) is 2.68. The van der Waals surface area contributed by atoms with Crippen molar-refractivity contribution in [2.75, 3.05) is 6.61 Å². The van der Waals surface area contributed by atoms with Gasteiger partial charge in [0, 0.05) is 6.42 Å². The number of amides is 2. The Hall–Kier alpha value is -3.88. The van der Waals surface area contributed by atoms with Crippen LogP contribution in [0, 0.1) is 5.92 Å². The molecule has 2 aromatic carbocycles. The molecule has 34 heavy (non-hydrogen) atoms. The lowest BCUT2D eigenvalue weighted by atomic mass is 9.97. The number of carboxylic acids is 1. The zero-order chi connectivity index (χ0) is 24.9. The zero-order valence-corrected chi connectivity index (χ0v) is 19.2. The van der Waals surface area contributed by atoms with Crippen molar-refractivity contribution in [1.29, 1.82) is 0 Å². The number of carboxylic acid groups (broad SMARTS) is 1. The number of rotatable bonds is 12. The number of carbonyl (C=O) groups excluding carboxylic acids is 3. The van der Waals surface area contributed by atoms with Gasteiger partial charge in [-0.15, -0.1) is 0 Å². The summed E-state index contributed by atoms with van der Waals surface area (Å²) in [4.78, 5) is 49.0. The van der Waals surface area contributed by atoms with Crippen LogP contribution >= 0.6 is 0 Å². The maximum atomic E-state index is 13.0. The van der Waals surface area contributed by atoms with Gasteiger partial charge in [-0.1, -0.05) is 67.6 Å².